The number of halogens is 2. The van der Waals surface area contributed by atoms with Gasteiger partial charge in [-0.05, 0) is 73.1 Å². The van der Waals surface area contributed by atoms with Crippen molar-refractivity contribution in [3.8, 4) is 16.3 Å². The molecule has 0 radical (unpaired) electrons. The van der Waals surface area contributed by atoms with Crippen molar-refractivity contribution in [2.45, 2.75) is 0 Å². The number of hydrogen-bond donors (Lipinski definition) is 2. The van der Waals surface area contributed by atoms with Crippen LogP contribution in [0.3, 0.4) is 0 Å². The molecule has 0 fully saturated rings. The van der Waals surface area contributed by atoms with E-state index in [1.807, 2.05) is 41.8 Å². The van der Waals surface area contributed by atoms with Gasteiger partial charge in [-0.25, -0.2) is 10.4 Å². The minimum absolute atomic E-state index is 0.107. The van der Waals surface area contributed by atoms with E-state index in [1.54, 1.807) is 29.5 Å². The van der Waals surface area contributed by atoms with Crippen LogP contribution in [0, 0.1) is 0 Å². The molecule has 8 heteroatoms. The SMILES string of the molecule is O=C(NN=Cc1cc(Br)c(O)c(Br)c1)c1cc(-c2cccs2)nc2ccccc12. The van der Waals surface area contributed by atoms with Gasteiger partial charge in [0.25, 0.3) is 5.91 Å². The molecular formula is C21H13Br2N3O2S. The molecule has 0 saturated carbocycles. The van der Waals surface area contributed by atoms with Crippen LogP contribution in [-0.4, -0.2) is 22.2 Å². The Labute approximate surface area is 187 Å². The lowest BCUT2D eigenvalue weighted by Gasteiger charge is -2.08. The topological polar surface area (TPSA) is 74.6 Å². The minimum atomic E-state index is -0.324. The van der Waals surface area contributed by atoms with Crippen LogP contribution >= 0.6 is 43.2 Å². The van der Waals surface area contributed by atoms with E-state index in [0.29, 0.717) is 20.1 Å². The van der Waals surface area contributed by atoms with Crippen LogP contribution in [0.1, 0.15) is 15.9 Å². The molecule has 0 saturated heterocycles. The number of phenolic OH excluding ortho intramolecular Hbond substituents is 1. The number of thiophene rings is 1. The summed E-state index contributed by atoms with van der Waals surface area (Å²) in [5, 5.41) is 16.6. The van der Waals surface area contributed by atoms with Crippen molar-refractivity contribution in [3.63, 3.8) is 0 Å². The number of carbonyl (C=O) groups excluding carboxylic acids is 1. The zero-order valence-electron chi connectivity index (χ0n) is 14.8. The molecule has 144 valence electrons. The van der Waals surface area contributed by atoms with Crippen molar-refractivity contribution in [3.05, 3.63) is 80.0 Å². The Kier molecular flexibility index (Phi) is 5.75. The van der Waals surface area contributed by atoms with Crippen molar-refractivity contribution in [1.82, 2.24) is 10.4 Å². The van der Waals surface area contributed by atoms with E-state index < -0.39 is 0 Å². The summed E-state index contributed by atoms with van der Waals surface area (Å²) in [5.74, 6) is -0.217. The Morgan fingerprint density at radius 2 is 1.86 bits per heavy atom. The van der Waals surface area contributed by atoms with Gasteiger partial charge in [0.2, 0.25) is 0 Å². The molecule has 2 aromatic carbocycles. The summed E-state index contributed by atoms with van der Waals surface area (Å²) in [6, 6.07) is 16.6. The average Bonchev–Trinajstić information content (AvgIpc) is 3.26. The zero-order chi connectivity index (χ0) is 20.4. The number of hydrogen-bond acceptors (Lipinski definition) is 5. The predicted molar refractivity (Wildman–Crippen MR) is 124 cm³/mol. The van der Waals surface area contributed by atoms with Crippen molar-refractivity contribution in [2.24, 2.45) is 5.10 Å². The third-order valence-corrected chi connectivity index (χ3v) is 6.25. The largest absolute Gasteiger partial charge is 0.506 e. The van der Waals surface area contributed by atoms with Gasteiger partial charge in [0.15, 0.2) is 0 Å². The molecule has 4 rings (SSSR count). The van der Waals surface area contributed by atoms with Crippen molar-refractivity contribution in [1.29, 1.82) is 0 Å². The summed E-state index contributed by atoms with van der Waals surface area (Å²) < 4.78 is 1.06. The van der Waals surface area contributed by atoms with Gasteiger partial charge in [-0.2, -0.15) is 5.10 Å². The standard InChI is InChI=1S/C21H13Br2N3O2S/c22-15-8-12(9-16(23)20(15)27)11-24-26-21(28)14-10-18(19-6-3-7-29-19)25-17-5-2-1-4-13(14)17/h1-11,27H,(H,26,28). The van der Waals surface area contributed by atoms with Crippen LogP contribution in [0.5, 0.6) is 5.75 Å². The predicted octanol–water partition coefficient (Wildman–Crippen LogP) is 5.96. The maximum Gasteiger partial charge on any atom is 0.272 e. The number of benzene rings is 2. The molecule has 0 aliphatic carbocycles. The molecule has 4 aromatic rings. The molecule has 0 bridgehead atoms. The fourth-order valence-electron chi connectivity index (χ4n) is 2.80. The number of hydrazone groups is 1. The van der Waals surface area contributed by atoms with E-state index in [9.17, 15) is 9.90 Å². The minimum Gasteiger partial charge on any atom is -0.506 e. The third-order valence-electron chi connectivity index (χ3n) is 4.15. The monoisotopic (exact) mass is 529 g/mol. The maximum atomic E-state index is 12.9. The highest BCUT2D eigenvalue weighted by molar-refractivity contribution is 9.11. The number of pyridine rings is 1. The lowest BCUT2D eigenvalue weighted by molar-refractivity contribution is 0.0956. The van der Waals surface area contributed by atoms with E-state index in [0.717, 1.165) is 21.5 Å². The number of para-hydroxylation sites is 1. The van der Waals surface area contributed by atoms with Crippen LogP contribution < -0.4 is 5.43 Å². The number of rotatable bonds is 4. The maximum absolute atomic E-state index is 12.9. The normalized spacial score (nSPS) is 11.2. The second kappa shape index (κ2) is 8.44. The summed E-state index contributed by atoms with van der Waals surface area (Å²) in [4.78, 5) is 18.5. The van der Waals surface area contributed by atoms with Gasteiger partial charge in [0, 0.05) is 5.39 Å². The van der Waals surface area contributed by atoms with Gasteiger partial charge in [-0.3, -0.25) is 4.79 Å². The first-order valence-electron chi connectivity index (χ1n) is 8.48. The van der Waals surface area contributed by atoms with Gasteiger partial charge in [0.1, 0.15) is 5.75 Å². The molecule has 0 spiro atoms. The smallest absolute Gasteiger partial charge is 0.272 e. The summed E-state index contributed by atoms with van der Waals surface area (Å²) in [7, 11) is 0. The summed E-state index contributed by atoms with van der Waals surface area (Å²) in [5.41, 5.74) is 5.29. The second-order valence-electron chi connectivity index (χ2n) is 6.08. The van der Waals surface area contributed by atoms with Crippen LogP contribution in [0.25, 0.3) is 21.5 Å². The molecule has 2 aromatic heterocycles. The summed E-state index contributed by atoms with van der Waals surface area (Å²) >= 11 is 8.12. The molecule has 0 unspecified atom stereocenters. The molecule has 5 nitrogen and oxygen atoms in total. The average molecular weight is 531 g/mol. The van der Waals surface area contributed by atoms with Gasteiger partial charge < -0.3 is 5.11 Å². The first-order valence-corrected chi connectivity index (χ1v) is 10.9. The first kappa shape index (κ1) is 19.8. The number of aromatic nitrogens is 1. The second-order valence-corrected chi connectivity index (χ2v) is 8.74. The number of aromatic hydroxyl groups is 1. The molecule has 0 aliphatic rings. The van der Waals surface area contributed by atoms with E-state index in [1.165, 1.54) is 6.21 Å². The Bertz CT molecular complexity index is 1220. The van der Waals surface area contributed by atoms with Gasteiger partial charge >= 0.3 is 0 Å². The fourth-order valence-corrected chi connectivity index (χ4v) is 4.71. The molecule has 2 heterocycles. The van der Waals surface area contributed by atoms with E-state index in [4.69, 9.17) is 0 Å². The molecule has 0 atom stereocenters. The number of carbonyl (C=O) groups is 1. The fraction of sp³-hybridized carbons (Fsp3) is 0. The highest BCUT2D eigenvalue weighted by Gasteiger charge is 2.14. The molecule has 2 N–H and O–H groups in total. The molecule has 1 amide bonds. The van der Waals surface area contributed by atoms with Crippen LogP contribution in [0.4, 0.5) is 0 Å². The summed E-state index contributed by atoms with van der Waals surface area (Å²) in [6.45, 7) is 0. The quantitative estimate of drug-likeness (QED) is 0.252. The molecular weight excluding hydrogens is 518 g/mol. The Morgan fingerprint density at radius 1 is 1.10 bits per heavy atom. The Balaban J connectivity index is 1.65. The van der Waals surface area contributed by atoms with Gasteiger partial charge in [-0.15, -0.1) is 11.3 Å². The number of nitrogens with zero attached hydrogens (tertiary/aromatic N) is 2. The lowest BCUT2D eigenvalue weighted by Crippen LogP contribution is -2.18. The first-order chi connectivity index (χ1) is 14.0. The molecule has 29 heavy (non-hydrogen) atoms. The van der Waals surface area contributed by atoms with E-state index >= 15 is 0 Å². The third kappa shape index (κ3) is 4.24. The van der Waals surface area contributed by atoms with Gasteiger partial charge in [-0.1, -0.05) is 24.3 Å². The van der Waals surface area contributed by atoms with Gasteiger partial charge in [0.05, 0.1) is 36.8 Å². The number of nitrogens with one attached hydrogen (secondary N) is 1. The summed E-state index contributed by atoms with van der Waals surface area (Å²) in [6.07, 6.45) is 1.51. The van der Waals surface area contributed by atoms with Crippen molar-refractivity contribution < 1.29 is 9.90 Å². The molecule has 0 aliphatic heterocycles. The highest BCUT2D eigenvalue weighted by Crippen LogP contribution is 2.33. The highest BCUT2D eigenvalue weighted by atomic mass is 79.9. The zero-order valence-corrected chi connectivity index (χ0v) is 18.8. The lowest BCUT2D eigenvalue weighted by atomic mass is 10.1. The van der Waals surface area contributed by atoms with E-state index in [-0.39, 0.29) is 11.7 Å². The van der Waals surface area contributed by atoms with Crippen molar-refractivity contribution >= 4 is 66.2 Å². The van der Waals surface area contributed by atoms with Crippen LogP contribution in [0.15, 0.2) is 74.0 Å². The van der Waals surface area contributed by atoms with Crippen LogP contribution in [0.2, 0.25) is 0 Å². The Hall–Kier alpha value is -2.55. The Morgan fingerprint density at radius 3 is 2.59 bits per heavy atom. The number of amides is 1. The number of phenols is 1. The van der Waals surface area contributed by atoms with E-state index in [2.05, 4.69) is 47.4 Å². The number of fused-ring (bicyclic) bond motifs is 1. The van der Waals surface area contributed by atoms with Crippen molar-refractivity contribution in [2.75, 3.05) is 0 Å². The van der Waals surface area contributed by atoms with Crippen LogP contribution in [-0.2, 0) is 0 Å².